The summed E-state index contributed by atoms with van der Waals surface area (Å²) in [5, 5.41) is 10.3. The summed E-state index contributed by atoms with van der Waals surface area (Å²) in [5.41, 5.74) is 0.465. The molecular weight excluding hydrogens is 422 g/mol. The van der Waals surface area contributed by atoms with Crippen molar-refractivity contribution < 1.29 is 19.4 Å². The number of aliphatic carboxylic acids is 1. The first-order chi connectivity index (χ1) is 14.8. The molecule has 0 atom stereocenters. The van der Waals surface area contributed by atoms with E-state index in [9.17, 15) is 24.3 Å². The van der Waals surface area contributed by atoms with Crippen LogP contribution in [-0.2, 0) is 22.6 Å². The van der Waals surface area contributed by atoms with Crippen LogP contribution < -0.4 is 11.2 Å². The monoisotopic (exact) mass is 441 g/mol. The molecule has 0 aliphatic heterocycles. The van der Waals surface area contributed by atoms with Gasteiger partial charge in [-0.05, 0) is 36.9 Å². The van der Waals surface area contributed by atoms with Crippen molar-refractivity contribution in [2.24, 2.45) is 0 Å². The Kier molecular flexibility index (Phi) is 5.24. The van der Waals surface area contributed by atoms with Gasteiger partial charge in [0.15, 0.2) is 0 Å². The molecule has 4 rings (SSSR count). The zero-order valence-corrected chi connectivity index (χ0v) is 17.6. The third-order valence-corrected chi connectivity index (χ3v) is 6.26. The third kappa shape index (κ3) is 3.55. The van der Waals surface area contributed by atoms with E-state index in [2.05, 4.69) is 4.98 Å². The second-order valence-electron chi connectivity index (χ2n) is 6.99. The number of aryl methyl sites for hydroxylation is 1. The minimum absolute atomic E-state index is 0.0755. The Balaban J connectivity index is 1.98. The van der Waals surface area contributed by atoms with E-state index in [1.165, 1.54) is 4.57 Å². The maximum Gasteiger partial charge on any atom is 0.348 e. The number of esters is 1. The number of aromatic amines is 1. The van der Waals surface area contributed by atoms with E-state index in [1.807, 2.05) is 30.3 Å². The van der Waals surface area contributed by atoms with Gasteiger partial charge in [0, 0.05) is 11.2 Å². The number of hydrogen-bond acceptors (Lipinski definition) is 6. The van der Waals surface area contributed by atoms with E-state index < -0.39 is 29.7 Å². The summed E-state index contributed by atoms with van der Waals surface area (Å²) in [5.74, 6) is -1.90. The number of nitrogens with zero attached hydrogens (tertiary/aromatic N) is 2. The van der Waals surface area contributed by atoms with Crippen molar-refractivity contribution in [2.75, 3.05) is 6.61 Å². The van der Waals surface area contributed by atoms with Gasteiger partial charge in [-0.25, -0.2) is 14.2 Å². The van der Waals surface area contributed by atoms with E-state index in [4.69, 9.17) is 4.74 Å². The molecule has 0 aliphatic rings. The minimum Gasteiger partial charge on any atom is -0.480 e. The molecule has 0 fully saturated rings. The molecule has 0 spiro atoms. The number of thiophene rings is 1. The van der Waals surface area contributed by atoms with Crippen molar-refractivity contribution in [3.63, 3.8) is 0 Å². The van der Waals surface area contributed by atoms with E-state index in [-0.39, 0.29) is 23.4 Å². The molecule has 0 aliphatic carbocycles. The van der Waals surface area contributed by atoms with Crippen LogP contribution >= 0.6 is 11.3 Å². The highest BCUT2D eigenvalue weighted by molar-refractivity contribution is 7.20. The highest BCUT2D eigenvalue weighted by Crippen LogP contribution is 2.29. The maximum atomic E-state index is 13.1. The summed E-state index contributed by atoms with van der Waals surface area (Å²) in [6.07, 6.45) is 0. The smallest absolute Gasteiger partial charge is 0.348 e. The first-order valence-corrected chi connectivity index (χ1v) is 10.4. The van der Waals surface area contributed by atoms with E-state index in [0.717, 1.165) is 22.2 Å². The normalized spacial score (nSPS) is 11.3. The van der Waals surface area contributed by atoms with Gasteiger partial charge in [-0.3, -0.25) is 14.2 Å². The molecule has 10 heteroatoms. The van der Waals surface area contributed by atoms with Gasteiger partial charge in [-0.1, -0.05) is 18.2 Å². The van der Waals surface area contributed by atoms with Crippen molar-refractivity contribution in [3.8, 4) is 0 Å². The lowest BCUT2D eigenvalue weighted by atomic mass is 10.2. The molecular formula is C21H19N3O6S. The Hall–Kier alpha value is -3.66. The number of aromatic nitrogens is 3. The van der Waals surface area contributed by atoms with E-state index >= 15 is 0 Å². The SMILES string of the molecule is CCOC(=O)c1sc2c(c1C)c(=O)n(CC(=O)O)c(=O)n2Cc1cc2ccccc2[nH]1. The number of fused-ring (bicyclic) bond motifs is 2. The molecule has 3 aromatic heterocycles. The quantitative estimate of drug-likeness (QED) is 0.443. The second kappa shape index (κ2) is 7.88. The fourth-order valence-corrected chi connectivity index (χ4v) is 4.78. The van der Waals surface area contributed by atoms with Gasteiger partial charge >= 0.3 is 17.6 Å². The topological polar surface area (TPSA) is 123 Å². The molecule has 0 amide bonds. The number of H-pyrrole nitrogens is 1. The van der Waals surface area contributed by atoms with Gasteiger partial charge in [0.1, 0.15) is 16.3 Å². The van der Waals surface area contributed by atoms with Crippen LogP contribution in [0.4, 0.5) is 0 Å². The van der Waals surface area contributed by atoms with Crippen LogP contribution in [0.1, 0.15) is 27.9 Å². The molecule has 3 heterocycles. The summed E-state index contributed by atoms with van der Waals surface area (Å²) in [4.78, 5) is 53.5. The van der Waals surface area contributed by atoms with Crippen molar-refractivity contribution >= 4 is 44.4 Å². The fraction of sp³-hybridized carbons (Fsp3) is 0.238. The van der Waals surface area contributed by atoms with Gasteiger partial charge in [0.05, 0.1) is 18.5 Å². The molecule has 2 N–H and O–H groups in total. The van der Waals surface area contributed by atoms with Crippen LogP contribution in [-0.4, -0.2) is 37.8 Å². The summed E-state index contributed by atoms with van der Waals surface area (Å²) < 4.78 is 7.08. The zero-order valence-electron chi connectivity index (χ0n) is 16.8. The Morgan fingerprint density at radius 3 is 2.61 bits per heavy atom. The number of para-hydroxylation sites is 1. The number of ether oxygens (including phenoxy) is 1. The molecule has 0 saturated carbocycles. The molecule has 9 nitrogen and oxygen atoms in total. The lowest BCUT2D eigenvalue weighted by Crippen LogP contribution is -2.41. The molecule has 0 bridgehead atoms. The van der Waals surface area contributed by atoms with Crippen LogP contribution in [0, 0.1) is 6.92 Å². The number of benzene rings is 1. The van der Waals surface area contributed by atoms with Crippen LogP contribution in [0.2, 0.25) is 0 Å². The van der Waals surface area contributed by atoms with Crippen LogP contribution in [0.15, 0.2) is 39.9 Å². The lowest BCUT2D eigenvalue weighted by molar-refractivity contribution is -0.137. The number of nitrogens with one attached hydrogen (secondary N) is 1. The van der Waals surface area contributed by atoms with Gasteiger partial charge in [0.25, 0.3) is 5.56 Å². The average Bonchev–Trinajstić information content (AvgIpc) is 3.29. The van der Waals surface area contributed by atoms with Crippen LogP contribution in [0.25, 0.3) is 21.1 Å². The maximum absolute atomic E-state index is 13.1. The number of carboxylic acids is 1. The molecule has 160 valence electrons. The van der Waals surface area contributed by atoms with Crippen molar-refractivity contribution in [2.45, 2.75) is 26.9 Å². The zero-order chi connectivity index (χ0) is 22.3. The Labute approximate surface area is 179 Å². The number of carboxylic acid groups (broad SMARTS) is 1. The van der Waals surface area contributed by atoms with Gasteiger partial charge in [-0.2, -0.15) is 0 Å². The molecule has 0 radical (unpaired) electrons. The highest BCUT2D eigenvalue weighted by atomic mass is 32.1. The fourth-order valence-electron chi connectivity index (χ4n) is 3.59. The first kappa shape index (κ1) is 20.6. The van der Waals surface area contributed by atoms with Crippen molar-refractivity contribution in [1.29, 1.82) is 0 Å². The minimum atomic E-state index is -1.31. The Bertz CT molecular complexity index is 1420. The Morgan fingerprint density at radius 1 is 1.19 bits per heavy atom. The molecule has 31 heavy (non-hydrogen) atoms. The second-order valence-corrected chi connectivity index (χ2v) is 7.99. The summed E-state index contributed by atoms with van der Waals surface area (Å²) in [7, 11) is 0. The number of carbonyl (C=O) groups excluding carboxylic acids is 1. The number of hydrogen-bond donors (Lipinski definition) is 2. The van der Waals surface area contributed by atoms with Crippen molar-refractivity contribution in [1.82, 2.24) is 14.1 Å². The Morgan fingerprint density at radius 2 is 1.94 bits per heavy atom. The lowest BCUT2D eigenvalue weighted by Gasteiger charge is -2.10. The summed E-state index contributed by atoms with van der Waals surface area (Å²) in [6, 6.07) is 9.48. The summed E-state index contributed by atoms with van der Waals surface area (Å²) in [6.45, 7) is 2.73. The molecule has 0 saturated heterocycles. The average molecular weight is 441 g/mol. The molecule has 1 aromatic carbocycles. The number of carbonyl (C=O) groups is 2. The third-order valence-electron chi connectivity index (χ3n) is 4.96. The highest BCUT2D eigenvalue weighted by Gasteiger charge is 2.24. The predicted molar refractivity (Wildman–Crippen MR) is 116 cm³/mol. The molecule has 0 unspecified atom stereocenters. The summed E-state index contributed by atoms with van der Waals surface area (Å²) >= 11 is 0.994. The van der Waals surface area contributed by atoms with Gasteiger partial charge < -0.3 is 14.8 Å². The standard InChI is InChI=1S/C21H19N3O6S/c1-3-30-20(28)17-11(2)16-18(27)23(10-15(25)26)21(29)24(19(16)31-17)9-13-8-12-6-4-5-7-14(12)22-13/h4-8,22H,3,9-10H2,1-2H3,(H,25,26). The van der Waals surface area contributed by atoms with Gasteiger partial charge in [-0.15, -0.1) is 11.3 Å². The van der Waals surface area contributed by atoms with Crippen molar-refractivity contribution in [3.05, 3.63) is 67.3 Å². The predicted octanol–water partition coefficient (Wildman–Crippen LogP) is 2.32. The van der Waals surface area contributed by atoms with Gasteiger partial charge in [0.2, 0.25) is 0 Å². The van der Waals surface area contributed by atoms with Crippen LogP contribution in [0.5, 0.6) is 0 Å². The first-order valence-electron chi connectivity index (χ1n) is 9.54. The number of rotatable bonds is 6. The molecule has 4 aromatic rings. The van der Waals surface area contributed by atoms with E-state index in [1.54, 1.807) is 13.8 Å². The van der Waals surface area contributed by atoms with Crippen LogP contribution in [0.3, 0.4) is 0 Å². The van der Waals surface area contributed by atoms with E-state index in [0.29, 0.717) is 20.7 Å². The largest absolute Gasteiger partial charge is 0.480 e.